The molecule has 1 aromatic rings. The minimum atomic E-state index is -4.18. The standard InChI is InChI=1S/C19H29F3N4O/c1-4-23-18(24-9-8-16-6-5-7-17(14-16)27-3)26-12-10-25(11-13-26)15(2)19(20,21)22/h5-7,14-15H,4,8-13H2,1-3H3,(H,23,24). The predicted octanol–water partition coefficient (Wildman–Crippen LogP) is 2.77. The lowest BCUT2D eigenvalue weighted by atomic mass is 10.1. The Morgan fingerprint density at radius 3 is 2.56 bits per heavy atom. The number of nitrogens with zero attached hydrogens (tertiary/aromatic N) is 3. The van der Waals surface area contributed by atoms with Gasteiger partial charge in [-0.25, -0.2) is 0 Å². The summed E-state index contributed by atoms with van der Waals surface area (Å²) in [6.45, 7) is 6.35. The topological polar surface area (TPSA) is 40.1 Å². The smallest absolute Gasteiger partial charge is 0.403 e. The second kappa shape index (κ2) is 9.82. The number of methoxy groups -OCH3 is 1. The summed E-state index contributed by atoms with van der Waals surface area (Å²) in [6.07, 6.45) is -3.41. The molecule has 1 saturated heterocycles. The van der Waals surface area contributed by atoms with E-state index in [9.17, 15) is 13.2 Å². The number of guanidine groups is 1. The molecule has 0 aromatic heterocycles. The maximum atomic E-state index is 12.9. The van der Waals surface area contributed by atoms with Crippen LogP contribution in [0.3, 0.4) is 0 Å². The summed E-state index contributed by atoms with van der Waals surface area (Å²) in [5.74, 6) is 1.58. The molecule has 0 saturated carbocycles. The Morgan fingerprint density at radius 2 is 1.96 bits per heavy atom. The minimum absolute atomic E-state index is 0.376. The van der Waals surface area contributed by atoms with Gasteiger partial charge in [0.05, 0.1) is 7.11 Å². The number of aliphatic imine (C=N–C) groups is 1. The molecule has 1 atom stereocenters. The largest absolute Gasteiger partial charge is 0.497 e. The lowest BCUT2D eigenvalue weighted by Gasteiger charge is -2.39. The number of nitrogens with one attached hydrogen (secondary N) is 1. The fraction of sp³-hybridized carbons (Fsp3) is 0.632. The molecular weight excluding hydrogens is 357 g/mol. The Labute approximate surface area is 159 Å². The number of rotatable bonds is 6. The molecule has 0 bridgehead atoms. The molecule has 1 heterocycles. The Hall–Kier alpha value is -1.96. The fourth-order valence-corrected chi connectivity index (χ4v) is 3.07. The van der Waals surface area contributed by atoms with Gasteiger partial charge in [-0.15, -0.1) is 0 Å². The molecule has 0 amide bonds. The monoisotopic (exact) mass is 386 g/mol. The predicted molar refractivity (Wildman–Crippen MR) is 101 cm³/mol. The highest BCUT2D eigenvalue weighted by Gasteiger charge is 2.41. The molecule has 1 unspecified atom stereocenters. The zero-order chi connectivity index (χ0) is 19.9. The third kappa shape index (κ3) is 6.30. The van der Waals surface area contributed by atoms with E-state index in [1.807, 2.05) is 36.1 Å². The Balaban J connectivity index is 1.92. The fourth-order valence-electron chi connectivity index (χ4n) is 3.07. The van der Waals surface area contributed by atoms with Crippen LogP contribution in [0, 0.1) is 0 Å². The average Bonchev–Trinajstić information content (AvgIpc) is 2.66. The number of hydrogen-bond acceptors (Lipinski definition) is 3. The SMILES string of the molecule is CCNC(=NCCc1cccc(OC)c1)N1CCN(C(C)C(F)(F)F)CC1. The third-order valence-electron chi connectivity index (χ3n) is 4.77. The highest BCUT2D eigenvalue weighted by Crippen LogP contribution is 2.25. The summed E-state index contributed by atoms with van der Waals surface area (Å²) >= 11 is 0. The van der Waals surface area contributed by atoms with Gasteiger partial charge < -0.3 is 15.0 Å². The van der Waals surface area contributed by atoms with E-state index in [0.29, 0.717) is 32.7 Å². The highest BCUT2D eigenvalue weighted by molar-refractivity contribution is 5.80. The van der Waals surface area contributed by atoms with E-state index >= 15 is 0 Å². The van der Waals surface area contributed by atoms with Crippen molar-refractivity contribution in [2.45, 2.75) is 32.5 Å². The van der Waals surface area contributed by atoms with Gasteiger partial charge >= 0.3 is 6.18 Å². The van der Waals surface area contributed by atoms with Crippen LogP contribution < -0.4 is 10.1 Å². The summed E-state index contributed by atoms with van der Waals surface area (Å²) < 4.78 is 43.9. The Bertz CT molecular complexity index is 613. The van der Waals surface area contributed by atoms with Crippen LogP contribution in [-0.2, 0) is 6.42 Å². The van der Waals surface area contributed by atoms with Crippen molar-refractivity contribution >= 4 is 5.96 Å². The van der Waals surface area contributed by atoms with Crippen molar-refractivity contribution in [3.05, 3.63) is 29.8 Å². The number of halogens is 3. The van der Waals surface area contributed by atoms with Crippen LogP contribution in [0.1, 0.15) is 19.4 Å². The quantitative estimate of drug-likeness (QED) is 0.603. The minimum Gasteiger partial charge on any atom is -0.497 e. The van der Waals surface area contributed by atoms with Crippen molar-refractivity contribution in [2.24, 2.45) is 4.99 Å². The third-order valence-corrected chi connectivity index (χ3v) is 4.77. The van der Waals surface area contributed by atoms with Crippen molar-refractivity contribution in [3.8, 4) is 5.75 Å². The lowest BCUT2D eigenvalue weighted by Crippen LogP contribution is -2.56. The van der Waals surface area contributed by atoms with Crippen molar-refractivity contribution in [3.63, 3.8) is 0 Å². The average molecular weight is 386 g/mol. The van der Waals surface area contributed by atoms with E-state index < -0.39 is 12.2 Å². The van der Waals surface area contributed by atoms with Crippen molar-refractivity contribution in [2.75, 3.05) is 46.4 Å². The molecule has 0 spiro atoms. The number of ether oxygens (including phenoxy) is 1. The Kier molecular flexibility index (Phi) is 7.77. The van der Waals surface area contributed by atoms with Crippen LogP contribution in [0.15, 0.2) is 29.3 Å². The molecule has 1 aromatic carbocycles. The van der Waals surface area contributed by atoms with E-state index in [1.54, 1.807) is 7.11 Å². The van der Waals surface area contributed by atoms with Gasteiger partial charge in [-0.3, -0.25) is 9.89 Å². The molecule has 8 heteroatoms. The first-order valence-corrected chi connectivity index (χ1v) is 9.32. The summed E-state index contributed by atoms with van der Waals surface area (Å²) in [7, 11) is 1.64. The first kappa shape index (κ1) is 21.3. The van der Waals surface area contributed by atoms with Gasteiger partial charge in [0.2, 0.25) is 0 Å². The first-order valence-electron chi connectivity index (χ1n) is 9.32. The van der Waals surface area contributed by atoms with E-state index in [1.165, 1.54) is 11.8 Å². The zero-order valence-electron chi connectivity index (χ0n) is 16.2. The van der Waals surface area contributed by atoms with Crippen molar-refractivity contribution < 1.29 is 17.9 Å². The summed E-state index contributed by atoms with van der Waals surface area (Å²) in [6, 6.07) is 6.46. The molecule has 1 aliphatic rings. The number of alkyl halides is 3. The van der Waals surface area contributed by atoms with Crippen molar-refractivity contribution in [1.82, 2.24) is 15.1 Å². The highest BCUT2D eigenvalue weighted by atomic mass is 19.4. The molecule has 1 aliphatic heterocycles. The molecule has 5 nitrogen and oxygen atoms in total. The van der Waals surface area contributed by atoms with Gasteiger partial charge in [0.25, 0.3) is 0 Å². The molecule has 152 valence electrons. The van der Waals surface area contributed by atoms with Crippen LogP contribution in [0.5, 0.6) is 5.75 Å². The molecule has 0 radical (unpaired) electrons. The second-order valence-corrected chi connectivity index (χ2v) is 6.58. The maximum Gasteiger partial charge on any atom is 0.403 e. The van der Waals surface area contributed by atoms with Gasteiger partial charge in [0, 0.05) is 39.3 Å². The first-order chi connectivity index (χ1) is 12.8. The van der Waals surface area contributed by atoms with Gasteiger partial charge in [0.15, 0.2) is 5.96 Å². The zero-order valence-corrected chi connectivity index (χ0v) is 16.2. The van der Waals surface area contributed by atoms with E-state index in [-0.39, 0.29) is 0 Å². The van der Waals surface area contributed by atoms with Gasteiger partial charge in [-0.05, 0) is 38.0 Å². The van der Waals surface area contributed by atoms with Gasteiger partial charge in [-0.1, -0.05) is 12.1 Å². The number of benzene rings is 1. The molecule has 27 heavy (non-hydrogen) atoms. The van der Waals surface area contributed by atoms with Gasteiger partial charge in [-0.2, -0.15) is 13.2 Å². The van der Waals surface area contributed by atoms with E-state index in [0.717, 1.165) is 30.2 Å². The van der Waals surface area contributed by atoms with Gasteiger partial charge in [0.1, 0.15) is 11.8 Å². The lowest BCUT2D eigenvalue weighted by molar-refractivity contribution is -0.181. The van der Waals surface area contributed by atoms with Crippen LogP contribution >= 0.6 is 0 Å². The molecule has 1 N–H and O–H groups in total. The van der Waals surface area contributed by atoms with E-state index in [2.05, 4.69) is 10.3 Å². The molecule has 2 rings (SSSR count). The normalized spacial score (nSPS) is 17.7. The van der Waals surface area contributed by atoms with Crippen LogP contribution in [-0.4, -0.2) is 74.4 Å². The Morgan fingerprint density at radius 1 is 1.26 bits per heavy atom. The summed E-state index contributed by atoms with van der Waals surface area (Å²) in [4.78, 5) is 8.18. The summed E-state index contributed by atoms with van der Waals surface area (Å²) in [5, 5.41) is 3.25. The van der Waals surface area contributed by atoms with Crippen LogP contribution in [0.2, 0.25) is 0 Å². The second-order valence-electron chi connectivity index (χ2n) is 6.58. The van der Waals surface area contributed by atoms with E-state index in [4.69, 9.17) is 4.74 Å². The molecule has 1 fully saturated rings. The van der Waals surface area contributed by atoms with Crippen LogP contribution in [0.25, 0.3) is 0 Å². The van der Waals surface area contributed by atoms with Crippen LogP contribution in [0.4, 0.5) is 13.2 Å². The summed E-state index contributed by atoms with van der Waals surface area (Å²) in [5.41, 5.74) is 1.14. The number of piperazine rings is 1. The molecular formula is C19H29F3N4O. The number of hydrogen-bond donors (Lipinski definition) is 1. The maximum absolute atomic E-state index is 12.9. The van der Waals surface area contributed by atoms with Crippen molar-refractivity contribution in [1.29, 1.82) is 0 Å². The molecule has 0 aliphatic carbocycles.